The van der Waals surface area contributed by atoms with Crippen molar-refractivity contribution in [2.75, 3.05) is 13.2 Å². The van der Waals surface area contributed by atoms with E-state index in [9.17, 15) is 14.7 Å². The molecule has 0 unspecified atom stereocenters. The Labute approximate surface area is 284 Å². The maximum atomic E-state index is 14.5. The van der Waals surface area contributed by atoms with Crippen LogP contribution in [0.4, 0.5) is 0 Å². The molecule has 244 valence electrons. The highest BCUT2D eigenvalue weighted by Crippen LogP contribution is 2.44. The van der Waals surface area contributed by atoms with Gasteiger partial charge in [0.05, 0.1) is 28.4 Å². The number of rotatable bonds is 9. The van der Waals surface area contributed by atoms with E-state index in [-0.39, 0.29) is 17.5 Å². The maximum Gasteiger partial charge on any atom is 0.335 e. The third-order valence-corrected chi connectivity index (χ3v) is 10.1. The molecule has 1 N–H and O–H groups in total. The van der Waals surface area contributed by atoms with Gasteiger partial charge in [-0.05, 0) is 100 Å². The first-order chi connectivity index (χ1) is 22.4. The summed E-state index contributed by atoms with van der Waals surface area (Å²) < 4.78 is 10.2. The number of nitrogens with zero attached hydrogens (tertiary/aromatic N) is 4. The zero-order valence-electron chi connectivity index (χ0n) is 27.4. The Bertz CT molecular complexity index is 2020. The smallest absolute Gasteiger partial charge is 0.335 e. The molecule has 0 bridgehead atoms. The first-order valence-corrected chi connectivity index (χ1v) is 16.5. The second-order valence-electron chi connectivity index (χ2n) is 12.5. The van der Waals surface area contributed by atoms with E-state index in [4.69, 9.17) is 27.9 Å². The van der Waals surface area contributed by atoms with Crippen LogP contribution in [-0.2, 0) is 20.0 Å². The summed E-state index contributed by atoms with van der Waals surface area (Å²) >= 11 is 13.4. The highest BCUT2D eigenvalue weighted by atomic mass is 35.5. The molecule has 0 aliphatic carbocycles. The van der Waals surface area contributed by atoms with Crippen LogP contribution in [0.2, 0.25) is 10.0 Å². The van der Waals surface area contributed by atoms with E-state index < -0.39 is 5.97 Å². The van der Waals surface area contributed by atoms with Crippen LogP contribution in [0.3, 0.4) is 0 Å². The van der Waals surface area contributed by atoms with Crippen LogP contribution in [-0.4, -0.2) is 49.4 Å². The number of ether oxygens (including phenoxy) is 1. The van der Waals surface area contributed by atoms with Crippen molar-refractivity contribution >= 4 is 46.0 Å². The molecule has 0 saturated carbocycles. The van der Waals surface area contributed by atoms with E-state index >= 15 is 0 Å². The van der Waals surface area contributed by atoms with Gasteiger partial charge in [0.2, 0.25) is 0 Å². The van der Waals surface area contributed by atoms with Crippen molar-refractivity contribution in [1.29, 1.82) is 0 Å². The van der Waals surface area contributed by atoms with Crippen LogP contribution in [0, 0.1) is 27.7 Å². The summed E-state index contributed by atoms with van der Waals surface area (Å²) in [5.74, 6) is -0.273. The molecule has 1 atom stereocenters. The number of aromatic carboxylic acids is 1. The van der Waals surface area contributed by atoms with Crippen LogP contribution in [0.5, 0.6) is 5.75 Å². The van der Waals surface area contributed by atoms with Gasteiger partial charge >= 0.3 is 5.97 Å². The normalized spacial score (nSPS) is 14.6. The minimum atomic E-state index is -0.979. The number of aryl methyl sites for hydroxylation is 5. The number of carboxylic acids is 1. The molecular weight excluding hydrogens is 635 g/mol. The quantitative estimate of drug-likeness (QED) is 0.159. The number of carboxylic acid groups (broad SMARTS) is 1. The fraction of sp³-hybridized carbons (Fsp3) is 0.324. The zero-order chi connectivity index (χ0) is 33.7. The fourth-order valence-electron chi connectivity index (χ4n) is 6.92. The van der Waals surface area contributed by atoms with Crippen molar-refractivity contribution in [3.8, 4) is 16.9 Å². The summed E-state index contributed by atoms with van der Waals surface area (Å²) in [6, 6.07) is 14.5. The number of amides is 1. The molecule has 0 radical (unpaired) electrons. The highest BCUT2D eigenvalue weighted by Gasteiger charge is 2.36. The Morgan fingerprint density at radius 1 is 1.02 bits per heavy atom. The molecule has 6 rings (SSSR count). The molecule has 10 heteroatoms. The average molecular weight is 674 g/mol. The molecule has 1 aliphatic rings. The van der Waals surface area contributed by atoms with Crippen molar-refractivity contribution < 1.29 is 19.4 Å². The van der Waals surface area contributed by atoms with Gasteiger partial charge in [0, 0.05) is 53.4 Å². The third-order valence-electron chi connectivity index (χ3n) is 9.22. The topological polar surface area (TPSA) is 89.6 Å². The van der Waals surface area contributed by atoms with E-state index in [1.807, 2.05) is 68.6 Å². The molecule has 3 aromatic carbocycles. The monoisotopic (exact) mass is 672 g/mol. The van der Waals surface area contributed by atoms with E-state index in [0.717, 1.165) is 66.4 Å². The number of fused-ring (bicyclic) bond motifs is 3. The molecular formula is C37H38Cl2N4O4. The number of carbonyl (C=O) groups excluding carboxylic acids is 1. The number of aromatic nitrogens is 3. The molecule has 0 fully saturated rings. The Morgan fingerprint density at radius 2 is 1.70 bits per heavy atom. The SMILES string of the molecule is Cc1cc(OCCCc2c3n(c4c(-c5c(C)nn(C)c5C)c(Cl)ccc24)[C@H](C)CN(Cc2ccc(C(=O)O)cc2)C3=O)cc(C)c1Cl. The van der Waals surface area contributed by atoms with Crippen molar-refractivity contribution in [2.24, 2.45) is 7.05 Å². The first kappa shape index (κ1) is 32.7. The summed E-state index contributed by atoms with van der Waals surface area (Å²) in [4.78, 5) is 27.7. The highest BCUT2D eigenvalue weighted by molar-refractivity contribution is 6.35. The Morgan fingerprint density at radius 3 is 2.32 bits per heavy atom. The maximum absolute atomic E-state index is 14.5. The Hall–Kier alpha value is -4.27. The van der Waals surface area contributed by atoms with Crippen LogP contribution < -0.4 is 4.74 Å². The lowest BCUT2D eigenvalue weighted by molar-refractivity contribution is 0.0660. The van der Waals surface area contributed by atoms with Crippen LogP contribution in [0.25, 0.3) is 22.0 Å². The Balaban J connectivity index is 1.42. The van der Waals surface area contributed by atoms with Gasteiger partial charge in [-0.1, -0.05) is 41.4 Å². The van der Waals surface area contributed by atoms with Crippen molar-refractivity contribution in [3.63, 3.8) is 0 Å². The lowest BCUT2D eigenvalue weighted by Crippen LogP contribution is -2.42. The molecule has 2 aromatic heterocycles. The van der Waals surface area contributed by atoms with Gasteiger partial charge in [0.15, 0.2) is 0 Å². The number of halogens is 2. The lowest BCUT2D eigenvalue weighted by atomic mass is 9.98. The third kappa shape index (κ3) is 5.89. The van der Waals surface area contributed by atoms with Crippen molar-refractivity contribution in [1.82, 2.24) is 19.2 Å². The van der Waals surface area contributed by atoms with Gasteiger partial charge in [-0.3, -0.25) is 9.48 Å². The summed E-state index contributed by atoms with van der Waals surface area (Å²) in [6.45, 7) is 11.4. The van der Waals surface area contributed by atoms with E-state index in [1.165, 1.54) is 0 Å². The predicted octanol–water partition coefficient (Wildman–Crippen LogP) is 8.51. The minimum absolute atomic E-state index is 0.0528. The second-order valence-corrected chi connectivity index (χ2v) is 13.3. The van der Waals surface area contributed by atoms with Crippen LogP contribution in [0.1, 0.15) is 73.9 Å². The van der Waals surface area contributed by atoms with Crippen LogP contribution >= 0.6 is 23.2 Å². The molecule has 0 saturated heterocycles. The summed E-state index contributed by atoms with van der Waals surface area (Å²) in [7, 11) is 1.93. The summed E-state index contributed by atoms with van der Waals surface area (Å²) in [5.41, 5.74) is 9.32. The molecule has 47 heavy (non-hydrogen) atoms. The largest absolute Gasteiger partial charge is 0.494 e. The van der Waals surface area contributed by atoms with Gasteiger partial charge < -0.3 is 19.3 Å². The van der Waals surface area contributed by atoms with Gasteiger partial charge in [-0.25, -0.2) is 4.79 Å². The molecule has 0 spiro atoms. The number of carbonyl (C=O) groups is 2. The second kappa shape index (κ2) is 12.7. The molecule has 3 heterocycles. The number of benzene rings is 3. The number of hydrogen-bond donors (Lipinski definition) is 1. The van der Waals surface area contributed by atoms with Gasteiger partial charge in [-0.15, -0.1) is 0 Å². The standard InChI is InChI=1S/C37H38Cl2N4O4/c1-20-16-27(17-21(2)33(20)39)47-15-7-8-28-29-13-14-30(38)32(31-23(4)40-41(6)24(31)5)34(29)43-22(3)18-42(36(44)35(28)43)19-25-9-11-26(12-10-25)37(45)46/h9-14,16-17,22H,7-8,15,18-19H2,1-6H3,(H,45,46)/t22-/m1/s1. The van der Waals surface area contributed by atoms with E-state index in [1.54, 1.807) is 24.3 Å². The predicted molar refractivity (Wildman–Crippen MR) is 186 cm³/mol. The van der Waals surface area contributed by atoms with E-state index in [2.05, 4.69) is 16.6 Å². The molecule has 8 nitrogen and oxygen atoms in total. The summed E-state index contributed by atoms with van der Waals surface area (Å²) in [5, 5.41) is 16.4. The van der Waals surface area contributed by atoms with E-state index in [0.29, 0.717) is 43.3 Å². The molecule has 5 aromatic rings. The number of hydrogen-bond acceptors (Lipinski definition) is 4. The average Bonchev–Trinajstić information content (AvgIpc) is 3.49. The molecule has 1 aliphatic heterocycles. The van der Waals surface area contributed by atoms with Crippen molar-refractivity contribution in [2.45, 2.75) is 60.0 Å². The zero-order valence-corrected chi connectivity index (χ0v) is 29.0. The minimum Gasteiger partial charge on any atom is -0.494 e. The van der Waals surface area contributed by atoms with Gasteiger partial charge in [0.1, 0.15) is 11.4 Å². The fourth-order valence-corrected chi connectivity index (χ4v) is 7.27. The van der Waals surface area contributed by atoms with Gasteiger partial charge in [-0.2, -0.15) is 5.10 Å². The summed E-state index contributed by atoms with van der Waals surface area (Å²) in [6.07, 6.45) is 1.31. The van der Waals surface area contributed by atoms with Gasteiger partial charge in [0.25, 0.3) is 5.91 Å². The Kier molecular flexibility index (Phi) is 8.85. The van der Waals surface area contributed by atoms with Crippen molar-refractivity contribution in [3.05, 3.63) is 103 Å². The van der Waals surface area contributed by atoms with Crippen LogP contribution in [0.15, 0.2) is 48.5 Å². The first-order valence-electron chi connectivity index (χ1n) is 15.7. The lowest BCUT2D eigenvalue weighted by Gasteiger charge is -2.34. The molecule has 1 amide bonds.